The van der Waals surface area contributed by atoms with Crippen LogP contribution in [0.25, 0.3) is 10.9 Å². The molecular weight excluding hydrogens is 452 g/mol. The third-order valence-electron chi connectivity index (χ3n) is 6.77. The van der Waals surface area contributed by atoms with Crippen LogP contribution in [0.5, 0.6) is 5.75 Å². The summed E-state index contributed by atoms with van der Waals surface area (Å²) in [6.07, 6.45) is 1.62. The number of aryl methyl sites for hydroxylation is 2. The van der Waals surface area contributed by atoms with Gasteiger partial charge in [-0.25, -0.2) is 14.5 Å². The van der Waals surface area contributed by atoms with Crippen molar-refractivity contribution in [3.05, 3.63) is 83.0 Å². The van der Waals surface area contributed by atoms with Crippen LogP contribution >= 0.6 is 0 Å². The van der Waals surface area contributed by atoms with E-state index in [-0.39, 0.29) is 5.69 Å². The van der Waals surface area contributed by atoms with Gasteiger partial charge in [-0.05, 0) is 36.8 Å². The maximum atomic E-state index is 12.9. The molecule has 1 aliphatic rings. The lowest BCUT2D eigenvalue weighted by Crippen LogP contribution is -2.47. The van der Waals surface area contributed by atoms with E-state index in [4.69, 9.17) is 9.72 Å². The summed E-state index contributed by atoms with van der Waals surface area (Å²) in [6, 6.07) is 22.2. The second-order valence-electron chi connectivity index (χ2n) is 9.13. The first-order valence-corrected chi connectivity index (χ1v) is 12.9. The van der Waals surface area contributed by atoms with Crippen LogP contribution in [-0.2, 0) is 19.5 Å². The second kappa shape index (κ2) is 11.4. The van der Waals surface area contributed by atoms with E-state index in [9.17, 15) is 4.79 Å². The number of ether oxygens (including phenoxy) is 1. The molecule has 0 amide bonds. The Labute approximate surface area is 211 Å². The molecule has 1 saturated heterocycles. The van der Waals surface area contributed by atoms with Gasteiger partial charge in [0.15, 0.2) is 0 Å². The van der Waals surface area contributed by atoms with Crippen LogP contribution in [-0.4, -0.2) is 63.6 Å². The molecular formula is C28H34N6O2. The molecule has 3 heterocycles. The maximum Gasteiger partial charge on any atom is 0.346 e. The fourth-order valence-corrected chi connectivity index (χ4v) is 4.77. The Balaban J connectivity index is 1.10. The van der Waals surface area contributed by atoms with E-state index in [1.165, 1.54) is 5.39 Å². The fourth-order valence-electron chi connectivity index (χ4n) is 4.77. The van der Waals surface area contributed by atoms with E-state index in [1.807, 2.05) is 49.4 Å². The third-order valence-corrected chi connectivity index (χ3v) is 6.77. The van der Waals surface area contributed by atoms with Crippen LogP contribution in [0.2, 0.25) is 0 Å². The van der Waals surface area contributed by atoms with Crippen molar-refractivity contribution in [2.24, 2.45) is 0 Å². The van der Waals surface area contributed by atoms with Crippen molar-refractivity contribution >= 4 is 16.7 Å². The number of fused-ring (bicyclic) bond motifs is 1. The van der Waals surface area contributed by atoms with Crippen molar-refractivity contribution in [1.29, 1.82) is 0 Å². The number of aromatic nitrogens is 4. The maximum absolute atomic E-state index is 12.9. The predicted molar refractivity (Wildman–Crippen MR) is 143 cm³/mol. The normalized spacial score (nSPS) is 14.4. The van der Waals surface area contributed by atoms with Crippen LogP contribution in [0.15, 0.2) is 71.5 Å². The molecule has 1 aliphatic heterocycles. The molecule has 0 unspecified atom stereocenters. The number of hydrogen-bond acceptors (Lipinski definition) is 6. The summed E-state index contributed by atoms with van der Waals surface area (Å²) in [6.45, 7) is 8.47. The van der Waals surface area contributed by atoms with Crippen LogP contribution < -0.4 is 15.3 Å². The Morgan fingerprint density at radius 1 is 0.861 bits per heavy atom. The van der Waals surface area contributed by atoms with E-state index in [2.05, 4.69) is 39.2 Å². The Kier molecular flexibility index (Phi) is 7.61. The highest BCUT2D eigenvalue weighted by molar-refractivity contribution is 5.80. The van der Waals surface area contributed by atoms with E-state index >= 15 is 0 Å². The lowest BCUT2D eigenvalue weighted by Gasteiger charge is -2.35. The van der Waals surface area contributed by atoms with Crippen LogP contribution in [0, 0.1) is 0 Å². The summed E-state index contributed by atoms with van der Waals surface area (Å²) in [7, 11) is 0. The van der Waals surface area contributed by atoms with Gasteiger partial charge in [0.2, 0.25) is 0 Å². The lowest BCUT2D eigenvalue weighted by atomic mass is 10.2. The van der Waals surface area contributed by atoms with Crippen molar-refractivity contribution < 1.29 is 4.74 Å². The van der Waals surface area contributed by atoms with Crippen molar-refractivity contribution in [2.45, 2.75) is 32.9 Å². The summed E-state index contributed by atoms with van der Waals surface area (Å²) in [5.74, 6) is 2.68. The Morgan fingerprint density at radius 2 is 1.64 bits per heavy atom. The van der Waals surface area contributed by atoms with E-state index in [1.54, 1.807) is 9.25 Å². The van der Waals surface area contributed by atoms with Gasteiger partial charge in [0, 0.05) is 51.1 Å². The summed E-state index contributed by atoms with van der Waals surface area (Å²) in [4.78, 5) is 22.6. The highest BCUT2D eigenvalue weighted by Crippen LogP contribution is 2.19. The fraction of sp³-hybridized carbons (Fsp3) is 0.393. The topological polar surface area (TPSA) is 68.4 Å². The molecule has 8 heteroatoms. The molecule has 1 fully saturated rings. The van der Waals surface area contributed by atoms with Gasteiger partial charge in [-0.1, -0.05) is 43.3 Å². The van der Waals surface area contributed by atoms with Crippen molar-refractivity contribution in [3.63, 3.8) is 0 Å². The SMILES string of the molecule is CCc1nn(CCCN2CCN(c3ccc4ccccc4n3)CC2)c(=O)n1CCOc1ccccc1. The Hall–Kier alpha value is -3.65. The average Bonchev–Trinajstić information content (AvgIpc) is 3.23. The quantitative estimate of drug-likeness (QED) is 0.342. The van der Waals surface area contributed by atoms with Crippen LogP contribution in [0.3, 0.4) is 0 Å². The second-order valence-corrected chi connectivity index (χ2v) is 9.13. The summed E-state index contributed by atoms with van der Waals surface area (Å²) >= 11 is 0. The number of pyridine rings is 1. The molecule has 0 aliphatic carbocycles. The van der Waals surface area contributed by atoms with E-state index in [0.29, 0.717) is 19.7 Å². The van der Waals surface area contributed by atoms with Crippen molar-refractivity contribution in [3.8, 4) is 5.75 Å². The molecule has 188 valence electrons. The molecule has 0 bridgehead atoms. The summed E-state index contributed by atoms with van der Waals surface area (Å²) in [5.41, 5.74) is 0.996. The largest absolute Gasteiger partial charge is 0.492 e. The lowest BCUT2D eigenvalue weighted by molar-refractivity contribution is 0.248. The molecule has 0 radical (unpaired) electrons. The first kappa shape index (κ1) is 24.1. The minimum atomic E-state index is -0.0456. The van der Waals surface area contributed by atoms with Crippen LogP contribution in [0.4, 0.5) is 5.82 Å². The van der Waals surface area contributed by atoms with Gasteiger partial charge in [0.05, 0.1) is 12.1 Å². The average molecular weight is 487 g/mol. The molecule has 0 N–H and O–H groups in total. The number of rotatable bonds is 10. The minimum Gasteiger partial charge on any atom is -0.492 e. The van der Waals surface area contributed by atoms with Gasteiger partial charge in [-0.2, -0.15) is 5.10 Å². The standard InChI is InChI=1S/C28H34N6O2/c1-2-26-30-34(28(35)33(26)21-22-36-24-10-4-3-5-11-24)16-8-15-31-17-19-32(20-18-31)27-14-13-23-9-6-7-12-25(23)29-27/h3-7,9-14H,2,8,15-22H2,1H3. The number of piperazine rings is 1. The van der Waals surface area contributed by atoms with Crippen molar-refractivity contribution in [2.75, 3.05) is 44.2 Å². The zero-order chi connectivity index (χ0) is 24.7. The molecule has 2 aromatic carbocycles. The summed E-state index contributed by atoms with van der Waals surface area (Å²) in [5, 5.41) is 5.76. The highest BCUT2D eigenvalue weighted by Gasteiger charge is 2.18. The van der Waals surface area contributed by atoms with Gasteiger partial charge in [-0.15, -0.1) is 0 Å². The number of hydrogen-bond donors (Lipinski definition) is 0. The number of para-hydroxylation sites is 2. The molecule has 2 aromatic heterocycles. The van der Waals surface area contributed by atoms with Gasteiger partial charge in [0.25, 0.3) is 0 Å². The summed E-state index contributed by atoms with van der Waals surface area (Å²) < 4.78 is 9.15. The molecule has 0 atom stereocenters. The smallest absolute Gasteiger partial charge is 0.346 e. The molecule has 8 nitrogen and oxygen atoms in total. The van der Waals surface area contributed by atoms with Gasteiger partial charge in [0.1, 0.15) is 24.0 Å². The Bertz CT molecular complexity index is 1320. The highest BCUT2D eigenvalue weighted by atomic mass is 16.5. The predicted octanol–water partition coefficient (Wildman–Crippen LogP) is 3.45. The molecule has 0 spiro atoms. The van der Waals surface area contributed by atoms with Gasteiger partial charge >= 0.3 is 5.69 Å². The number of anilines is 1. The monoisotopic (exact) mass is 486 g/mol. The molecule has 0 saturated carbocycles. The van der Waals surface area contributed by atoms with Gasteiger partial charge < -0.3 is 9.64 Å². The molecule has 5 rings (SSSR count). The van der Waals surface area contributed by atoms with E-state index in [0.717, 1.165) is 68.5 Å². The first-order valence-electron chi connectivity index (χ1n) is 12.9. The van der Waals surface area contributed by atoms with Gasteiger partial charge in [-0.3, -0.25) is 9.47 Å². The third kappa shape index (κ3) is 5.60. The zero-order valence-electron chi connectivity index (χ0n) is 20.9. The van der Waals surface area contributed by atoms with Crippen molar-refractivity contribution in [1.82, 2.24) is 24.2 Å². The minimum absolute atomic E-state index is 0.0456. The first-order chi connectivity index (χ1) is 17.7. The van der Waals surface area contributed by atoms with Crippen LogP contribution in [0.1, 0.15) is 19.2 Å². The zero-order valence-corrected chi connectivity index (χ0v) is 20.9. The number of nitrogens with zero attached hydrogens (tertiary/aromatic N) is 6. The van der Waals surface area contributed by atoms with E-state index < -0.39 is 0 Å². The molecule has 36 heavy (non-hydrogen) atoms. The number of benzene rings is 2. The Morgan fingerprint density at radius 3 is 2.44 bits per heavy atom. The molecule has 4 aromatic rings.